The fourth-order valence-corrected chi connectivity index (χ4v) is 4.28. The summed E-state index contributed by atoms with van der Waals surface area (Å²) >= 11 is 6.12. The largest absolute Gasteiger partial charge is 0.353 e. The molecule has 0 bridgehead atoms. The van der Waals surface area contributed by atoms with Gasteiger partial charge in [-0.15, -0.1) is 0 Å². The van der Waals surface area contributed by atoms with Crippen LogP contribution in [0.15, 0.2) is 36.7 Å². The highest BCUT2D eigenvalue weighted by Crippen LogP contribution is 2.40. The topological polar surface area (TPSA) is 78.1 Å². The molecule has 0 spiro atoms. The molecule has 33 heavy (non-hydrogen) atoms. The molecule has 2 aromatic heterocycles. The van der Waals surface area contributed by atoms with Crippen LogP contribution in [0.3, 0.4) is 0 Å². The third-order valence-corrected chi connectivity index (χ3v) is 5.70. The zero-order valence-corrected chi connectivity index (χ0v) is 19.3. The molecule has 3 heterocycles. The predicted octanol–water partition coefficient (Wildman–Crippen LogP) is 4.79. The highest BCUT2D eigenvalue weighted by Gasteiger charge is 2.38. The number of pyridine rings is 1. The Kier molecular flexibility index (Phi) is 5.74. The van der Waals surface area contributed by atoms with Crippen LogP contribution < -0.4 is 5.32 Å². The Labute approximate surface area is 194 Å². The van der Waals surface area contributed by atoms with E-state index in [1.54, 1.807) is 6.07 Å². The smallest absolute Gasteiger partial charge is 0.257 e. The lowest BCUT2D eigenvalue weighted by atomic mass is 9.82. The van der Waals surface area contributed by atoms with Crippen LogP contribution >= 0.6 is 11.6 Å². The van der Waals surface area contributed by atoms with Gasteiger partial charge < -0.3 is 15.2 Å². The van der Waals surface area contributed by atoms with Crippen molar-refractivity contribution in [3.05, 3.63) is 70.1 Å². The van der Waals surface area contributed by atoms with E-state index in [0.29, 0.717) is 21.7 Å². The molecule has 1 aliphatic heterocycles. The lowest BCUT2D eigenvalue weighted by Crippen LogP contribution is -2.37. The Bertz CT molecular complexity index is 1310. The van der Waals surface area contributed by atoms with Crippen LogP contribution in [0.5, 0.6) is 0 Å². The number of rotatable bonds is 3. The van der Waals surface area contributed by atoms with E-state index in [1.165, 1.54) is 23.4 Å². The second-order valence-corrected chi connectivity index (χ2v) is 9.48. The van der Waals surface area contributed by atoms with Crippen LogP contribution in [0.1, 0.15) is 49.3 Å². The molecule has 0 aliphatic carbocycles. The first-order valence-electron chi connectivity index (χ1n) is 10.4. The predicted molar refractivity (Wildman–Crippen MR) is 123 cm³/mol. The van der Waals surface area contributed by atoms with Crippen molar-refractivity contribution in [1.82, 2.24) is 20.2 Å². The average molecular weight is 473 g/mol. The zero-order valence-electron chi connectivity index (χ0n) is 18.6. The van der Waals surface area contributed by atoms with E-state index in [1.807, 2.05) is 27.7 Å². The maximum atomic E-state index is 13.8. The van der Waals surface area contributed by atoms with Gasteiger partial charge in [-0.25, -0.2) is 8.78 Å². The summed E-state index contributed by atoms with van der Waals surface area (Å²) < 4.78 is 27.2. The van der Waals surface area contributed by atoms with Crippen molar-refractivity contribution in [3.63, 3.8) is 0 Å². The number of hydrogen-bond acceptors (Lipinski definition) is 3. The first-order valence-corrected chi connectivity index (χ1v) is 10.8. The van der Waals surface area contributed by atoms with Gasteiger partial charge in [0, 0.05) is 41.5 Å². The average Bonchev–Trinajstić information content (AvgIpc) is 3.05. The van der Waals surface area contributed by atoms with E-state index in [9.17, 15) is 18.4 Å². The molecule has 0 fully saturated rings. The van der Waals surface area contributed by atoms with E-state index in [2.05, 4.69) is 15.3 Å². The highest BCUT2D eigenvalue weighted by atomic mass is 35.5. The molecule has 3 aromatic rings. The summed E-state index contributed by atoms with van der Waals surface area (Å²) in [5.41, 5.74) is 2.16. The van der Waals surface area contributed by atoms with E-state index >= 15 is 0 Å². The third-order valence-electron chi connectivity index (χ3n) is 5.49. The fraction of sp³-hybridized carbons (Fsp3) is 0.292. The molecule has 1 aliphatic rings. The van der Waals surface area contributed by atoms with Crippen LogP contribution in [0.2, 0.25) is 5.02 Å². The molecule has 2 N–H and O–H groups in total. The SMILES string of the molecule is CC(C)NC(=O)C1=CN(C(=O)c2ccc(F)c(F)c2)CC(C)(C)c2c1[nH]c1cc(Cl)cnc21. The van der Waals surface area contributed by atoms with Gasteiger partial charge >= 0.3 is 0 Å². The normalized spacial score (nSPS) is 15.3. The Morgan fingerprint density at radius 1 is 1.21 bits per heavy atom. The van der Waals surface area contributed by atoms with Gasteiger partial charge in [-0.2, -0.15) is 0 Å². The Morgan fingerprint density at radius 2 is 1.94 bits per heavy atom. The lowest BCUT2D eigenvalue weighted by Gasteiger charge is -2.29. The van der Waals surface area contributed by atoms with Crippen molar-refractivity contribution in [2.45, 2.75) is 39.2 Å². The van der Waals surface area contributed by atoms with Crippen LogP contribution in [0.4, 0.5) is 8.78 Å². The molecule has 0 radical (unpaired) electrons. The monoisotopic (exact) mass is 472 g/mol. The summed E-state index contributed by atoms with van der Waals surface area (Å²) in [6.45, 7) is 7.69. The van der Waals surface area contributed by atoms with Crippen molar-refractivity contribution < 1.29 is 18.4 Å². The number of amides is 2. The quantitative estimate of drug-likeness (QED) is 0.575. The summed E-state index contributed by atoms with van der Waals surface area (Å²) in [5.74, 6) is -3.09. The van der Waals surface area contributed by atoms with Crippen molar-refractivity contribution in [2.75, 3.05) is 6.54 Å². The third kappa shape index (κ3) is 4.23. The van der Waals surface area contributed by atoms with E-state index in [4.69, 9.17) is 11.6 Å². The molecule has 0 saturated heterocycles. The van der Waals surface area contributed by atoms with Crippen LogP contribution in [0.25, 0.3) is 16.6 Å². The molecule has 6 nitrogen and oxygen atoms in total. The van der Waals surface area contributed by atoms with Gasteiger partial charge in [0.2, 0.25) is 0 Å². The summed E-state index contributed by atoms with van der Waals surface area (Å²) in [6.07, 6.45) is 2.98. The molecular formula is C24H23ClF2N4O2. The number of fused-ring (bicyclic) bond motifs is 3. The van der Waals surface area contributed by atoms with Gasteiger partial charge in [-0.1, -0.05) is 25.4 Å². The summed E-state index contributed by atoms with van der Waals surface area (Å²) in [6, 6.07) is 4.57. The molecule has 4 rings (SSSR count). The summed E-state index contributed by atoms with van der Waals surface area (Å²) in [4.78, 5) is 35.6. The zero-order chi connectivity index (χ0) is 24.1. The number of carbonyl (C=O) groups is 2. The van der Waals surface area contributed by atoms with E-state index < -0.39 is 23.0 Å². The molecule has 0 saturated carbocycles. The second kappa shape index (κ2) is 8.26. The number of benzene rings is 1. The van der Waals surface area contributed by atoms with Gasteiger partial charge in [0.1, 0.15) is 0 Å². The number of hydrogen-bond donors (Lipinski definition) is 2. The maximum Gasteiger partial charge on any atom is 0.257 e. The molecule has 0 unspecified atom stereocenters. The number of carbonyl (C=O) groups excluding carboxylic acids is 2. The number of halogens is 3. The highest BCUT2D eigenvalue weighted by molar-refractivity contribution is 6.31. The number of H-pyrrole nitrogens is 1. The molecule has 2 amide bonds. The fourth-order valence-electron chi connectivity index (χ4n) is 4.12. The van der Waals surface area contributed by atoms with Crippen molar-refractivity contribution >= 4 is 40.0 Å². The molecule has 9 heteroatoms. The minimum absolute atomic E-state index is 0.0232. The van der Waals surface area contributed by atoms with Gasteiger partial charge in [0.25, 0.3) is 11.8 Å². The number of aromatic nitrogens is 2. The van der Waals surface area contributed by atoms with Crippen LogP contribution in [0, 0.1) is 11.6 Å². The summed E-state index contributed by atoms with van der Waals surface area (Å²) in [5, 5.41) is 3.31. The maximum absolute atomic E-state index is 13.8. The number of aromatic amines is 1. The number of nitrogens with one attached hydrogen (secondary N) is 2. The van der Waals surface area contributed by atoms with Crippen LogP contribution in [-0.2, 0) is 10.2 Å². The molecular weight excluding hydrogens is 450 g/mol. The minimum Gasteiger partial charge on any atom is -0.353 e. The lowest BCUT2D eigenvalue weighted by molar-refractivity contribution is -0.116. The van der Waals surface area contributed by atoms with Gasteiger partial charge in [-0.05, 0) is 38.1 Å². The van der Waals surface area contributed by atoms with Gasteiger partial charge in [0.05, 0.1) is 27.3 Å². The minimum atomic E-state index is -1.12. The standard InChI is InChI=1S/C24H23ClF2N4O2/c1-12(2)29-22(32)15-10-31(23(33)13-5-6-16(26)17(27)7-13)11-24(3,4)19-20(15)30-18-8-14(25)9-28-21(18)19/h5-10,12,30H,11H2,1-4H3,(H,29,32). The first kappa shape index (κ1) is 22.9. The van der Waals surface area contributed by atoms with E-state index in [-0.39, 0.29) is 29.6 Å². The van der Waals surface area contributed by atoms with Crippen molar-refractivity contribution in [3.8, 4) is 0 Å². The number of nitrogens with zero attached hydrogens (tertiary/aromatic N) is 2. The Balaban J connectivity index is 1.90. The Hall–Kier alpha value is -3.26. The van der Waals surface area contributed by atoms with Crippen LogP contribution in [-0.4, -0.2) is 39.3 Å². The molecule has 172 valence electrons. The van der Waals surface area contributed by atoms with Gasteiger partial charge in [0.15, 0.2) is 11.6 Å². The summed E-state index contributed by atoms with van der Waals surface area (Å²) in [7, 11) is 0. The Morgan fingerprint density at radius 3 is 2.61 bits per heavy atom. The first-order chi connectivity index (χ1) is 15.5. The molecule has 1 aromatic carbocycles. The van der Waals surface area contributed by atoms with Crippen molar-refractivity contribution in [2.24, 2.45) is 0 Å². The molecule has 0 atom stereocenters. The van der Waals surface area contributed by atoms with Gasteiger partial charge in [-0.3, -0.25) is 14.6 Å². The second-order valence-electron chi connectivity index (χ2n) is 9.04. The van der Waals surface area contributed by atoms with E-state index in [0.717, 1.165) is 17.7 Å². The van der Waals surface area contributed by atoms with Crippen molar-refractivity contribution in [1.29, 1.82) is 0 Å².